The van der Waals surface area contributed by atoms with Crippen LogP contribution in [0.25, 0.3) is 0 Å². The van der Waals surface area contributed by atoms with Crippen molar-refractivity contribution in [1.29, 1.82) is 0 Å². The van der Waals surface area contributed by atoms with Gasteiger partial charge < -0.3 is 9.80 Å². The van der Waals surface area contributed by atoms with Gasteiger partial charge in [-0.25, -0.2) is 8.42 Å². The molecule has 0 unspecified atom stereocenters. The van der Waals surface area contributed by atoms with Gasteiger partial charge in [0.05, 0.1) is 13.1 Å². The van der Waals surface area contributed by atoms with Crippen molar-refractivity contribution in [3.63, 3.8) is 0 Å². The van der Waals surface area contributed by atoms with Crippen LogP contribution in [0.2, 0.25) is 0 Å². The average molecular weight is 398 g/mol. The first-order valence-electron chi connectivity index (χ1n) is 8.78. The van der Waals surface area contributed by atoms with E-state index in [1.54, 1.807) is 30.0 Å². The minimum absolute atomic E-state index is 0.0251. The number of hydrogen-bond acceptors (Lipinski definition) is 6. The summed E-state index contributed by atoms with van der Waals surface area (Å²) >= 11 is 0. The van der Waals surface area contributed by atoms with Crippen LogP contribution in [0.4, 0.5) is 0 Å². The van der Waals surface area contributed by atoms with Gasteiger partial charge >= 0.3 is 0 Å². The highest BCUT2D eigenvalue weighted by Crippen LogP contribution is 2.13. The van der Waals surface area contributed by atoms with Crippen LogP contribution in [-0.2, 0) is 19.6 Å². The first-order chi connectivity index (χ1) is 12.7. The van der Waals surface area contributed by atoms with E-state index in [0.717, 1.165) is 17.3 Å². The molecule has 27 heavy (non-hydrogen) atoms. The van der Waals surface area contributed by atoms with E-state index in [2.05, 4.69) is 4.98 Å². The monoisotopic (exact) mass is 397 g/mol. The maximum absolute atomic E-state index is 12.6. The van der Waals surface area contributed by atoms with Gasteiger partial charge in [-0.2, -0.15) is 4.31 Å². The summed E-state index contributed by atoms with van der Waals surface area (Å²) in [6, 6.07) is 3.00. The van der Waals surface area contributed by atoms with Gasteiger partial charge in [0, 0.05) is 59.7 Å². The zero-order chi connectivity index (χ0) is 20.0. The second-order valence-corrected chi connectivity index (χ2v) is 8.79. The average Bonchev–Trinajstić information content (AvgIpc) is 2.87. The molecule has 150 valence electrons. The molecule has 9 nitrogen and oxygen atoms in total. The van der Waals surface area contributed by atoms with Gasteiger partial charge in [-0.1, -0.05) is 0 Å². The molecule has 1 aromatic rings. The summed E-state index contributed by atoms with van der Waals surface area (Å²) < 4.78 is 26.1. The fraction of sp³-hybridized carbons (Fsp3) is 0.588. The minimum atomic E-state index is -3.76. The van der Waals surface area contributed by atoms with E-state index >= 15 is 0 Å². The van der Waals surface area contributed by atoms with Crippen molar-refractivity contribution in [3.05, 3.63) is 24.5 Å². The number of rotatable bonds is 6. The van der Waals surface area contributed by atoms with Crippen molar-refractivity contribution in [1.82, 2.24) is 24.0 Å². The van der Waals surface area contributed by atoms with Crippen molar-refractivity contribution in [2.24, 2.45) is 0 Å². The van der Waals surface area contributed by atoms with Gasteiger partial charge in [0.1, 0.15) is 4.90 Å². The van der Waals surface area contributed by atoms with Crippen LogP contribution in [0.5, 0.6) is 0 Å². The van der Waals surface area contributed by atoms with Gasteiger partial charge in [0.15, 0.2) is 0 Å². The molecule has 1 fully saturated rings. The Kier molecular flexibility index (Phi) is 7.28. The molecule has 0 N–H and O–H groups in total. The molecule has 2 amide bonds. The van der Waals surface area contributed by atoms with E-state index in [4.69, 9.17) is 0 Å². The quantitative estimate of drug-likeness (QED) is 0.632. The Morgan fingerprint density at radius 1 is 1.15 bits per heavy atom. The van der Waals surface area contributed by atoms with Crippen LogP contribution in [0, 0.1) is 0 Å². The second-order valence-electron chi connectivity index (χ2n) is 6.75. The van der Waals surface area contributed by atoms with E-state index in [9.17, 15) is 18.0 Å². The van der Waals surface area contributed by atoms with Gasteiger partial charge in [-0.05, 0) is 18.6 Å². The van der Waals surface area contributed by atoms with Crippen molar-refractivity contribution >= 4 is 21.8 Å². The second kappa shape index (κ2) is 9.25. The van der Waals surface area contributed by atoms with E-state index in [1.165, 1.54) is 25.5 Å². The third kappa shape index (κ3) is 5.72. The lowest BCUT2D eigenvalue weighted by atomic mass is 10.3. The molecule has 1 aliphatic heterocycles. The molecule has 0 bridgehead atoms. The fourth-order valence-corrected chi connectivity index (χ4v) is 3.85. The highest BCUT2D eigenvalue weighted by Gasteiger charge is 2.26. The highest BCUT2D eigenvalue weighted by molar-refractivity contribution is 7.89. The molecule has 1 saturated heterocycles. The number of likely N-dealkylation sites (N-methyl/N-ethyl adjacent to an activating group) is 2. The van der Waals surface area contributed by atoms with Crippen molar-refractivity contribution in [3.8, 4) is 0 Å². The zero-order valence-corrected chi connectivity index (χ0v) is 16.9. The molecule has 2 rings (SSSR count). The number of carbonyl (C=O) groups is 2. The molecule has 10 heteroatoms. The lowest BCUT2D eigenvalue weighted by Crippen LogP contribution is -2.43. The summed E-state index contributed by atoms with van der Waals surface area (Å²) in [6.45, 7) is 2.43. The first kappa shape index (κ1) is 21.3. The molecular weight excluding hydrogens is 370 g/mol. The Labute approximate surface area is 160 Å². The molecule has 0 radical (unpaired) electrons. The number of amides is 2. The normalized spacial score (nSPS) is 16.2. The highest BCUT2D eigenvalue weighted by atomic mass is 32.2. The smallest absolute Gasteiger partial charge is 0.244 e. The van der Waals surface area contributed by atoms with Crippen LogP contribution in [0.3, 0.4) is 0 Å². The summed E-state index contributed by atoms with van der Waals surface area (Å²) in [5.74, 6) is -0.220. The van der Waals surface area contributed by atoms with Gasteiger partial charge in [0.2, 0.25) is 21.8 Å². The Balaban J connectivity index is 1.93. The topological polar surface area (TPSA) is 94.1 Å². The minimum Gasteiger partial charge on any atom is -0.348 e. The summed E-state index contributed by atoms with van der Waals surface area (Å²) in [5, 5.41) is 0. The van der Waals surface area contributed by atoms with Crippen LogP contribution >= 0.6 is 0 Å². The molecular formula is C17H27N5O4S. The van der Waals surface area contributed by atoms with Crippen LogP contribution < -0.4 is 0 Å². The maximum Gasteiger partial charge on any atom is 0.244 e. The Morgan fingerprint density at radius 2 is 1.89 bits per heavy atom. The SMILES string of the molecule is CN(C)C(=O)CN1CCCN(C(=O)CN(C)S(=O)(=O)c2cccnc2)CC1. The first-order valence-corrected chi connectivity index (χ1v) is 10.2. The Bertz CT molecular complexity index is 754. The van der Waals surface area contributed by atoms with Gasteiger partial charge in [0.25, 0.3) is 0 Å². The van der Waals surface area contributed by atoms with E-state index in [-0.39, 0.29) is 23.3 Å². The maximum atomic E-state index is 12.6. The van der Waals surface area contributed by atoms with Crippen molar-refractivity contribution in [2.45, 2.75) is 11.3 Å². The summed E-state index contributed by atoms with van der Waals surface area (Å²) in [5.41, 5.74) is 0. The van der Waals surface area contributed by atoms with Crippen LogP contribution in [-0.4, -0.2) is 105 Å². The van der Waals surface area contributed by atoms with E-state index in [1.807, 2.05) is 4.90 Å². The molecule has 2 heterocycles. The summed E-state index contributed by atoms with van der Waals surface area (Å²) in [4.78, 5) is 33.6. The third-order valence-corrected chi connectivity index (χ3v) is 6.29. The summed E-state index contributed by atoms with van der Waals surface area (Å²) in [7, 11) is 1.07. The number of aromatic nitrogens is 1. The van der Waals surface area contributed by atoms with E-state index in [0.29, 0.717) is 26.2 Å². The zero-order valence-electron chi connectivity index (χ0n) is 16.0. The number of pyridine rings is 1. The molecule has 0 spiro atoms. The third-order valence-electron chi connectivity index (χ3n) is 4.50. The number of carbonyl (C=O) groups excluding carboxylic acids is 2. The standard InChI is InChI=1S/C17H27N5O4S/c1-19(2)16(23)14-21-8-5-9-22(11-10-21)17(24)13-20(3)27(25,26)15-6-4-7-18-12-15/h4,6-7,12H,5,8-11,13-14H2,1-3H3. The van der Waals surface area contributed by atoms with Crippen LogP contribution in [0.15, 0.2) is 29.4 Å². The lowest BCUT2D eigenvalue weighted by molar-refractivity contribution is -0.131. The molecule has 1 aliphatic rings. The molecule has 0 aromatic carbocycles. The predicted molar refractivity (Wildman–Crippen MR) is 100 cm³/mol. The molecule has 0 atom stereocenters. The predicted octanol–water partition coefficient (Wildman–Crippen LogP) is -0.675. The largest absolute Gasteiger partial charge is 0.348 e. The summed E-state index contributed by atoms with van der Waals surface area (Å²) in [6.07, 6.45) is 3.50. The molecule has 0 saturated carbocycles. The Morgan fingerprint density at radius 3 is 2.52 bits per heavy atom. The van der Waals surface area contributed by atoms with Gasteiger partial charge in [-0.15, -0.1) is 0 Å². The van der Waals surface area contributed by atoms with Crippen LogP contribution in [0.1, 0.15) is 6.42 Å². The lowest BCUT2D eigenvalue weighted by Gasteiger charge is -2.24. The number of sulfonamides is 1. The molecule has 0 aliphatic carbocycles. The van der Waals surface area contributed by atoms with Crippen molar-refractivity contribution < 1.29 is 18.0 Å². The van der Waals surface area contributed by atoms with Gasteiger partial charge in [-0.3, -0.25) is 19.5 Å². The Hall–Kier alpha value is -2.04. The fourth-order valence-electron chi connectivity index (χ4n) is 2.77. The number of nitrogens with zero attached hydrogens (tertiary/aromatic N) is 5. The van der Waals surface area contributed by atoms with Crippen molar-refractivity contribution in [2.75, 3.05) is 60.4 Å². The van der Waals surface area contributed by atoms with E-state index < -0.39 is 10.0 Å². The molecule has 1 aromatic heterocycles. The number of hydrogen-bond donors (Lipinski definition) is 0.